The van der Waals surface area contributed by atoms with Gasteiger partial charge in [-0.1, -0.05) is 155 Å². The molecule has 0 heteroatoms. The van der Waals surface area contributed by atoms with E-state index in [0.717, 1.165) is 25.7 Å². The summed E-state index contributed by atoms with van der Waals surface area (Å²) in [5, 5.41) is 0. The first-order valence-corrected chi connectivity index (χ1v) is 16.7. The lowest BCUT2D eigenvalue weighted by Crippen LogP contribution is -1.91. The zero-order valence-electron chi connectivity index (χ0n) is 28.4. The first kappa shape index (κ1) is 31.3. The molecule has 0 fully saturated rings. The van der Waals surface area contributed by atoms with E-state index in [1.165, 1.54) is 89.0 Å². The number of hydrogen-bond donors (Lipinski definition) is 0. The third-order valence-corrected chi connectivity index (χ3v) is 9.34. The molecular weight excluding hydrogens is 553 g/mol. The highest BCUT2D eigenvalue weighted by Gasteiger charge is 2.18. The topological polar surface area (TPSA) is 0 Å². The summed E-state index contributed by atoms with van der Waals surface area (Å²) in [6.07, 6.45) is 4.46. The molecule has 0 N–H and O–H groups in total. The van der Waals surface area contributed by atoms with E-state index in [2.05, 4.69) is 163 Å². The molecule has 0 aromatic heterocycles. The van der Waals surface area contributed by atoms with E-state index in [1.54, 1.807) is 0 Å². The summed E-state index contributed by atoms with van der Waals surface area (Å²) in [7, 11) is 0. The van der Waals surface area contributed by atoms with Crippen LogP contribution in [0.3, 0.4) is 0 Å². The Bertz CT molecular complexity index is 1830. The fraction of sp³-hybridized carbons (Fsp3) is 0.217. The summed E-state index contributed by atoms with van der Waals surface area (Å²) < 4.78 is 0. The number of hydrogen-bond acceptors (Lipinski definition) is 0. The Morgan fingerprint density at radius 1 is 0.304 bits per heavy atom. The van der Waals surface area contributed by atoms with Crippen LogP contribution in [0.5, 0.6) is 0 Å². The molecule has 0 saturated carbocycles. The lowest BCUT2D eigenvalue weighted by Gasteiger charge is -2.03. The van der Waals surface area contributed by atoms with Crippen LogP contribution in [-0.2, 0) is 25.7 Å². The summed E-state index contributed by atoms with van der Waals surface area (Å²) >= 11 is 0. The summed E-state index contributed by atoms with van der Waals surface area (Å²) in [6.45, 7) is 12.9. The Labute approximate surface area is 276 Å². The van der Waals surface area contributed by atoms with Crippen molar-refractivity contribution in [3.8, 4) is 22.3 Å². The van der Waals surface area contributed by atoms with Crippen LogP contribution in [0.4, 0.5) is 0 Å². The van der Waals surface area contributed by atoms with E-state index in [1.807, 2.05) is 0 Å². The number of benzene rings is 6. The van der Waals surface area contributed by atoms with E-state index in [4.69, 9.17) is 0 Å². The van der Waals surface area contributed by atoms with Crippen LogP contribution in [-0.4, -0.2) is 0 Å². The van der Waals surface area contributed by atoms with Gasteiger partial charge in [0.1, 0.15) is 0 Å². The molecule has 6 aromatic carbocycles. The molecule has 230 valence electrons. The molecule has 0 unspecified atom stereocenters. The Kier molecular flexibility index (Phi) is 9.36. The van der Waals surface area contributed by atoms with Crippen molar-refractivity contribution in [1.29, 1.82) is 0 Å². The maximum absolute atomic E-state index is 2.31. The Hall–Kier alpha value is -4.68. The number of rotatable bonds is 3. The lowest BCUT2D eigenvalue weighted by molar-refractivity contribution is 0.958. The normalized spacial score (nSPS) is 11.7. The summed E-state index contributed by atoms with van der Waals surface area (Å²) in [5.74, 6) is 0. The highest BCUT2D eigenvalue weighted by atomic mass is 14.2. The molecule has 2 aliphatic carbocycles. The van der Waals surface area contributed by atoms with Crippen molar-refractivity contribution >= 4 is 0 Å². The van der Waals surface area contributed by atoms with Gasteiger partial charge in [-0.3, -0.25) is 0 Å². The highest BCUT2D eigenvalue weighted by molar-refractivity contribution is 5.78. The minimum Gasteiger partial charge on any atom is -0.0591 e. The van der Waals surface area contributed by atoms with Crippen LogP contribution in [0.2, 0.25) is 0 Å². The fourth-order valence-corrected chi connectivity index (χ4v) is 6.66. The van der Waals surface area contributed by atoms with Gasteiger partial charge in [0.05, 0.1) is 0 Å². The molecule has 0 spiro atoms. The molecule has 0 atom stereocenters. The molecule has 8 rings (SSSR count). The number of aryl methyl sites for hydroxylation is 8. The summed E-state index contributed by atoms with van der Waals surface area (Å²) in [4.78, 5) is 0. The van der Waals surface area contributed by atoms with Crippen LogP contribution in [0.15, 0.2) is 121 Å². The SMILES string of the molecule is Cc1ccc(CCc2ccc(C)cc2)cc1.Cc1ccc2c(c1)-c1cc(C)ccc1C2.Cc1ccc2c(c1)Cc1cc(C)ccc1-2. The summed E-state index contributed by atoms with van der Waals surface area (Å²) in [6, 6.07) is 44.7. The largest absolute Gasteiger partial charge is 0.0591 e. The monoisotopic (exact) mass is 598 g/mol. The molecular formula is C46H46. The molecule has 0 aliphatic heterocycles. The Balaban J connectivity index is 0.000000121. The molecule has 0 bridgehead atoms. The van der Waals surface area contributed by atoms with Gasteiger partial charge in [0.25, 0.3) is 0 Å². The fourth-order valence-electron chi connectivity index (χ4n) is 6.66. The zero-order chi connectivity index (χ0) is 32.2. The molecule has 0 amide bonds. The summed E-state index contributed by atoms with van der Waals surface area (Å²) in [5.41, 5.74) is 22.6. The Morgan fingerprint density at radius 3 is 1.04 bits per heavy atom. The molecule has 2 aliphatic rings. The van der Waals surface area contributed by atoms with Crippen molar-refractivity contribution in [3.05, 3.63) is 188 Å². The predicted octanol–water partition coefficient (Wildman–Crippen LogP) is 11.8. The smallest absolute Gasteiger partial charge is 0.00133 e. The van der Waals surface area contributed by atoms with Gasteiger partial charge in [-0.05, 0) is 123 Å². The predicted molar refractivity (Wildman–Crippen MR) is 198 cm³/mol. The standard InChI is InChI=1S/C16H18.2C15H14/c1-13-3-7-15(8-4-13)11-12-16-9-5-14(2)6-10-16;1-10-3-5-14-12(7-10)9-13-8-11(2)4-6-15(13)14;1-10-3-5-12-9-13-6-4-11(2)8-15(13)14(12)7-10/h3-10H,11-12H2,1-2H3;2*3-8H,9H2,1-2H3. The van der Waals surface area contributed by atoms with Gasteiger partial charge in [-0.15, -0.1) is 0 Å². The van der Waals surface area contributed by atoms with Crippen LogP contribution < -0.4 is 0 Å². The first-order valence-electron chi connectivity index (χ1n) is 16.7. The van der Waals surface area contributed by atoms with Crippen molar-refractivity contribution < 1.29 is 0 Å². The zero-order valence-corrected chi connectivity index (χ0v) is 28.4. The van der Waals surface area contributed by atoms with Crippen LogP contribution in [0, 0.1) is 41.5 Å². The average Bonchev–Trinajstić information content (AvgIpc) is 3.58. The second kappa shape index (κ2) is 13.8. The van der Waals surface area contributed by atoms with E-state index in [-0.39, 0.29) is 0 Å². The van der Waals surface area contributed by atoms with Gasteiger partial charge in [0, 0.05) is 0 Å². The molecule has 46 heavy (non-hydrogen) atoms. The second-order valence-corrected chi connectivity index (χ2v) is 13.5. The van der Waals surface area contributed by atoms with E-state index in [9.17, 15) is 0 Å². The minimum absolute atomic E-state index is 1.10. The second-order valence-electron chi connectivity index (χ2n) is 13.5. The maximum atomic E-state index is 2.31. The average molecular weight is 599 g/mol. The highest BCUT2D eigenvalue weighted by Crippen LogP contribution is 2.38. The van der Waals surface area contributed by atoms with Gasteiger partial charge in [0.15, 0.2) is 0 Å². The van der Waals surface area contributed by atoms with Crippen molar-refractivity contribution in [1.82, 2.24) is 0 Å². The van der Waals surface area contributed by atoms with E-state index < -0.39 is 0 Å². The van der Waals surface area contributed by atoms with Crippen molar-refractivity contribution in [2.24, 2.45) is 0 Å². The van der Waals surface area contributed by atoms with Gasteiger partial charge in [-0.25, -0.2) is 0 Å². The third kappa shape index (κ3) is 7.40. The van der Waals surface area contributed by atoms with Gasteiger partial charge >= 0.3 is 0 Å². The molecule has 0 heterocycles. The van der Waals surface area contributed by atoms with Crippen LogP contribution in [0.25, 0.3) is 22.3 Å². The maximum Gasteiger partial charge on any atom is -0.00133 e. The van der Waals surface area contributed by atoms with Crippen molar-refractivity contribution in [2.75, 3.05) is 0 Å². The van der Waals surface area contributed by atoms with Gasteiger partial charge in [0.2, 0.25) is 0 Å². The van der Waals surface area contributed by atoms with Gasteiger partial charge < -0.3 is 0 Å². The molecule has 0 nitrogen and oxygen atoms in total. The molecule has 6 aromatic rings. The third-order valence-electron chi connectivity index (χ3n) is 9.34. The minimum atomic E-state index is 1.10. The van der Waals surface area contributed by atoms with Crippen molar-refractivity contribution in [3.63, 3.8) is 0 Å². The van der Waals surface area contributed by atoms with E-state index in [0.29, 0.717) is 0 Å². The number of fused-ring (bicyclic) bond motifs is 6. The quantitative estimate of drug-likeness (QED) is 0.190. The first-order chi connectivity index (χ1) is 22.2. The molecule has 0 radical (unpaired) electrons. The van der Waals surface area contributed by atoms with E-state index >= 15 is 0 Å². The van der Waals surface area contributed by atoms with Crippen LogP contribution >= 0.6 is 0 Å². The van der Waals surface area contributed by atoms with Gasteiger partial charge in [-0.2, -0.15) is 0 Å². The molecule has 0 saturated heterocycles. The van der Waals surface area contributed by atoms with Crippen molar-refractivity contribution in [2.45, 2.75) is 67.2 Å². The lowest BCUT2D eigenvalue weighted by atomic mass is 10.0. The van der Waals surface area contributed by atoms with Crippen LogP contribution in [0.1, 0.15) is 66.8 Å². The Morgan fingerprint density at radius 2 is 0.630 bits per heavy atom.